The summed E-state index contributed by atoms with van der Waals surface area (Å²) in [4.78, 5) is 25.4. The van der Waals surface area contributed by atoms with E-state index in [1.54, 1.807) is 4.90 Å². The van der Waals surface area contributed by atoms with Gasteiger partial charge in [0.1, 0.15) is 12.4 Å². The molecule has 4 heteroatoms. The average Bonchev–Trinajstić information content (AvgIpc) is 2.46. The number of piperidine rings is 1. The fourth-order valence-electron chi connectivity index (χ4n) is 2.54. The summed E-state index contributed by atoms with van der Waals surface area (Å²) < 4.78 is 5.36. The molecule has 1 atom stereocenters. The SMILES string of the molecule is CCC[C@H]1CC(=O)CCN1C(=O)OCc1ccccc1. The first-order valence-electron chi connectivity index (χ1n) is 7.19. The third-order valence-corrected chi connectivity index (χ3v) is 3.60. The van der Waals surface area contributed by atoms with Gasteiger partial charge in [0.25, 0.3) is 0 Å². The molecule has 0 aromatic heterocycles. The van der Waals surface area contributed by atoms with Crippen molar-refractivity contribution >= 4 is 11.9 Å². The van der Waals surface area contributed by atoms with Gasteiger partial charge in [-0.2, -0.15) is 0 Å². The van der Waals surface area contributed by atoms with Gasteiger partial charge in [-0.3, -0.25) is 4.79 Å². The second-order valence-electron chi connectivity index (χ2n) is 5.17. The molecule has 108 valence electrons. The minimum absolute atomic E-state index is 0.00419. The molecule has 0 unspecified atom stereocenters. The fourth-order valence-corrected chi connectivity index (χ4v) is 2.54. The normalized spacial score (nSPS) is 18.9. The summed E-state index contributed by atoms with van der Waals surface area (Å²) in [5.74, 6) is 0.246. The van der Waals surface area contributed by atoms with E-state index in [0.29, 0.717) is 19.4 Å². The summed E-state index contributed by atoms with van der Waals surface area (Å²) in [6.45, 7) is 2.83. The number of amides is 1. The number of ketones is 1. The second kappa shape index (κ2) is 7.08. The maximum Gasteiger partial charge on any atom is 0.410 e. The monoisotopic (exact) mass is 275 g/mol. The molecule has 1 aliphatic heterocycles. The van der Waals surface area contributed by atoms with E-state index in [9.17, 15) is 9.59 Å². The Kier molecular flexibility index (Phi) is 5.16. The highest BCUT2D eigenvalue weighted by Crippen LogP contribution is 2.20. The smallest absolute Gasteiger partial charge is 0.410 e. The zero-order valence-corrected chi connectivity index (χ0v) is 11.9. The zero-order chi connectivity index (χ0) is 14.4. The molecule has 0 radical (unpaired) electrons. The summed E-state index contributed by atoms with van der Waals surface area (Å²) >= 11 is 0. The number of likely N-dealkylation sites (tertiary alicyclic amines) is 1. The lowest BCUT2D eigenvalue weighted by molar-refractivity contribution is -0.122. The quantitative estimate of drug-likeness (QED) is 0.848. The highest BCUT2D eigenvalue weighted by Gasteiger charge is 2.30. The summed E-state index contributed by atoms with van der Waals surface area (Å²) in [5.41, 5.74) is 0.973. The molecule has 0 saturated carbocycles. The molecular formula is C16H21NO3. The number of hydrogen-bond donors (Lipinski definition) is 0. The Balaban J connectivity index is 1.91. The summed E-state index contributed by atoms with van der Waals surface area (Å²) in [7, 11) is 0. The minimum Gasteiger partial charge on any atom is -0.445 e. The van der Waals surface area contributed by atoms with Crippen LogP contribution in [0.3, 0.4) is 0 Å². The van der Waals surface area contributed by atoms with E-state index in [1.807, 2.05) is 30.3 Å². The van der Waals surface area contributed by atoms with Crippen molar-refractivity contribution in [3.63, 3.8) is 0 Å². The number of Topliss-reactive ketones (excluding diaryl/α,β-unsaturated/α-hetero) is 1. The lowest BCUT2D eigenvalue weighted by Gasteiger charge is -2.34. The number of hydrogen-bond acceptors (Lipinski definition) is 3. The number of benzene rings is 1. The molecule has 0 aliphatic carbocycles. The summed E-state index contributed by atoms with van der Waals surface area (Å²) in [6, 6.07) is 9.63. The van der Waals surface area contributed by atoms with Crippen molar-refractivity contribution in [3.05, 3.63) is 35.9 Å². The maximum atomic E-state index is 12.2. The van der Waals surface area contributed by atoms with Crippen molar-refractivity contribution in [3.8, 4) is 0 Å². The molecule has 0 spiro atoms. The molecule has 1 saturated heterocycles. The Bertz CT molecular complexity index is 458. The number of nitrogens with zero attached hydrogens (tertiary/aromatic N) is 1. The minimum atomic E-state index is -0.306. The number of ether oxygens (including phenoxy) is 1. The van der Waals surface area contributed by atoms with Crippen LogP contribution in [0.25, 0.3) is 0 Å². The predicted octanol–water partition coefficient (Wildman–Crippen LogP) is 3.16. The van der Waals surface area contributed by atoms with Crippen LogP contribution in [0.5, 0.6) is 0 Å². The lowest BCUT2D eigenvalue weighted by Crippen LogP contribution is -2.46. The van der Waals surface area contributed by atoms with Crippen LogP contribution in [0.2, 0.25) is 0 Å². The van der Waals surface area contributed by atoms with Gasteiger partial charge in [-0.15, -0.1) is 0 Å². The van der Waals surface area contributed by atoms with Crippen LogP contribution in [-0.2, 0) is 16.1 Å². The van der Waals surface area contributed by atoms with Crippen LogP contribution in [0.4, 0.5) is 4.79 Å². The first-order chi connectivity index (χ1) is 9.70. The van der Waals surface area contributed by atoms with Gasteiger partial charge in [0, 0.05) is 25.4 Å². The lowest BCUT2D eigenvalue weighted by atomic mass is 9.98. The van der Waals surface area contributed by atoms with Crippen molar-refractivity contribution in [1.29, 1.82) is 0 Å². The fraction of sp³-hybridized carbons (Fsp3) is 0.500. The standard InChI is InChI=1S/C16H21NO3/c1-2-6-14-11-15(18)9-10-17(14)16(19)20-12-13-7-4-3-5-8-13/h3-5,7-8,14H,2,6,9-12H2,1H3/t14-/m0/s1. The van der Waals surface area contributed by atoms with Crippen LogP contribution in [-0.4, -0.2) is 29.4 Å². The van der Waals surface area contributed by atoms with E-state index in [1.165, 1.54) is 0 Å². The molecule has 1 fully saturated rings. The van der Waals surface area contributed by atoms with E-state index < -0.39 is 0 Å². The van der Waals surface area contributed by atoms with Crippen molar-refractivity contribution in [2.75, 3.05) is 6.54 Å². The van der Waals surface area contributed by atoms with Crippen molar-refractivity contribution < 1.29 is 14.3 Å². The molecular weight excluding hydrogens is 254 g/mol. The molecule has 1 aromatic carbocycles. The Morgan fingerprint density at radius 3 is 2.80 bits per heavy atom. The van der Waals surface area contributed by atoms with Gasteiger partial charge in [-0.1, -0.05) is 43.7 Å². The summed E-state index contributed by atoms with van der Waals surface area (Å²) in [6.07, 6.45) is 2.42. The first kappa shape index (κ1) is 14.6. The Hall–Kier alpha value is -1.84. The van der Waals surface area contributed by atoms with Crippen LogP contribution < -0.4 is 0 Å². The molecule has 1 aromatic rings. The van der Waals surface area contributed by atoms with Gasteiger partial charge in [0.05, 0.1) is 0 Å². The van der Waals surface area contributed by atoms with Crippen LogP contribution in [0.15, 0.2) is 30.3 Å². The van der Waals surface area contributed by atoms with Gasteiger partial charge in [-0.05, 0) is 12.0 Å². The van der Waals surface area contributed by atoms with Gasteiger partial charge >= 0.3 is 6.09 Å². The van der Waals surface area contributed by atoms with Crippen LogP contribution in [0.1, 0.15) is 38.2 Å². The Labute approximate surface area is 119 Å². The third-order valence-electron chi connectivity index (χ3n) is 3.60. The molecule has 2 rings (SSSR count). The number of carbonyl (C=O) groups excluding carboxylic acids is 2. The summed E-state index contributed by atoms with van der Waals surface area (Å²) in [5, 5.41) is 0. The van der Waals surface area contributed by atoms with Crippen molar-refractivity contribution in [2.45, 2.75) is 45.3 Å². The number of carbonyl (C=O) groups is 2. The third kappa shape index (κ3) is 3.83. The largest absolute Gasteiger partial charge is 0.445 e. The number of rotatable bonds is 4. The van der Waals surface area contributed by atoms with E-state index in [-0.39, 0.29) is 24.5 Å². The Morgan fingerprint density at radius 1 is 1.35 bits per heavy atom. The first-order valence-corrected chi connectivity index (χ1v) is 7.19. The van der Waals surface area contributed by atoms with Gasteiger partial charge in [-0.25, -0.2) is 4.79 Å². The van der Waals surface area contributed by atoms with E-state index in [4.69, 9.17) is 4.74 Å². The van der Waals surface area contributed by atoms with Crippen molar-refractivity contribution in [2.24, 2.45) is 0 Å². The highest BCUT2D eigenvalue weighted by atomic mass is 16.6. The maximum absolute atomic E-state index is 12.2. The molecule has 20 heavy (non-hydrogen) atoms. The van der Waals surface area contributed by atoms with Crippen LogP contribution >= 0.6 is 0 Å². The topological polar surface area (TPSA) is 46.6 Å². The van der Waals surface area contributed by atoms with Gasteiger partial charge in [0.2, 0.25) is 0 Å². The molecule has 1 heterocycles. The van der Waals surface area contributed by atoms with Gasteiger partial charge < -0.3 is 9.64 Å². The zero-order valence-electron chi connectivity index (χ0n) is 11.9. The van der Waals surface area contributed by atoms with E-state index >= 15 is 0 Å². The molecule has 1 amide bonds. The molecule has 1 aliphatic rings. The Morgan fingerprint density at radius 2 is 2.10 bits per heavy atom. The van der Waals surface area contributed by atoms with E-state index in [0.717, 1.165) is 18.4 Å². The second-order valence-corrected chi connectivity index (χ2v) is 5.17. The predicted molar refractivity (Wildman–Crippen MR) is 76.3 cm³/mol. The molecule has 0 bridgehead atoms. The van der Waals surface area contributed by atoms with Gasteiger partial charge in [0.15, 0.2) is 0 Å². The molecule has 4 nitrogen and oxygen atoms in total. The average molecular weight is 275 g/mol. The molecule has 0 N–H and O–H groups in total. The van der Waals surface area contributed by atoms with Crippen molar-refractivity contribution in [1.82, 2.24) is 4.90 Å². The van der Waals surface area contributed by atoms with E-state index in [2.05, 4.69) is 6.92 Å². The van der Waals surface area contributed by atoms with Crippen LogP contribution in [0, 0.1) is 0 Å². The highest BCUT2D eigenvalue weighted by molar-refractivity contribution is 5.82.